The van der Waals surface area contributed by atoms with Crippen LogP contribution in [0.3, 0.4) is 0 Å². The van der Waals surface area contributed by atoms with E-state index in [0.717, 1.165) is 5.56 Å². The van der Waals surface area contributed by atoms with Gasteiger partial charge in [-0.3, -0.25) is 4.68 Å². The van der Waals surface area contributed by atoms with Crippen LogP contribution in [0, 0.1) is 5.92 Å². The van der Waals surface area contributed by atoms with E-state index in [0.29, 0.717) is 6.54 Å². The van der Waals surface area contributed by atoms with Gasteiger partial charge in [0.15, 0.2) is 5.03 Å². The SMILES string of the molecule is CC(C)n1cc([C@@H]2CN(S(=O)(=O)c3cnnn3C)C[C@H]2CO)cn1. The van der Waals surface area contributed by atoms with E-state index in [1.807, 2.05) is 24.7 Å². The van der Waals surface area contributed by atoms with Crippen LogP contribution in [0.5, 0.6) is 0 Å². The molecule has 0 spiro atoms. The number of rotatable bonds is 5. The van der Waals surface area contributed by atoms with Crippen molar-refractivity contribution in [2.75, 3.05) is 19.7 Å². The molecule has 0 radical (unpaired) electrons. The molecule has 2 atom stereocenters. The second-order valence-corrected chi connectivity index (χ2v) is 8.30. The lowest BCUT2D eigenvalue weighted by atomic mass is 9.92. The quantitative estimate of drug-likeness (QED) is 0.809. The molecule has 10 heteroatoms. The summed E-state index contributed by atoms with van der Waals surface area (Å²) in [6.45, 7) is 4.56. The molecule has 1 saturated heterocycles. The van der Waals surface area contributed by atoms with Crippen LogP contribution in [0.25, 0.3) is 0 Å². The molecule has 1 fully saturated rings. The van der Waals surface area contributed by atoms with E-state index in [4.69, 9.17) is 0 Å². The second kappa shape index (κ2) is 6.26. The minimum Gasteiger partial charge on any atom is -0.396 e. The topological polar surface area (TPSA) is 106 Å². The van der Waals surface area contributed by atoms with Crippen LogP contribution in [0.1, 0.15) is 31.4 Å². The van der Waals surface area contributed by atoms with Crippen molar-refractivity contribution in [2.24, 2.45) is 13.0 Å². The van der Waals surface area contributed by atoms with Crippen LogP contribution >= 0.6 is 0 Å². The van der Waals surface area contributed by atoms with Gasteiger partial charge in [0, 0.05) is 50.8 Å². The van der Waals surface area contributed by atoms with E-state index in [1.54, 1.807) is 13.2 Å². The molecule has 9 nitrogen and oxygen atoms in total. The zero-order valence-electron chi connectivity index (χ0n) is 13.9. The van der Waals surface area contributed by atoms with Crippen molar-refractivity contribution < 1.29 is 13.5 Å². The number of aromatic nitrogens is 5. The van der Waals surface area contributed by atoms with Crippen LogP contribution in [-0.2, 0) is 17.1 Å². The van der Waals surface area contributed by atoms with Crippen molar-refractivity contribution in [3.8, 4) is 0 Å². The third-order valence-electron chi connectivity index (χ3n) is 4.50. The predicted molar refractivity (Wildman–Crippen MR) is 85.7 cm³/mol. The van der Waals surface area contributed by atoms with Crippen molar-refractivity contribution in [3.63, 3.8) is 0 Å². The lowest BCUT2D eigenvalue weighted by Crippen LogP contribution is -2.30. The van der Waals surface area contributed by atoms with Crippen molar-refractivity contribution >= 4 is 10.0 Å². The molecule has 3 heterocycles. The molecule has 0 saturated carbocycles. The molecule has 2 aromatic rings. The maximum Gasteiger partial charge on any atom is 0.261 e. The summed E-state index contributed by atoms with van der Waals surface area (Å²) in [7, 11) is -2.14. The lowest BCUT2D eigenvalue weighted by Gasteiger charge is -2.15. The molecule has 1 N–H and O–H groups in total. The third-order valence-corrected chi connectivity index (χ3v) is 6.37. The Hall–Kier alpha value is -1.78. The Morgan fingerprint density at radius 3 is 2.62 bits per heavy atom. The first-order valence-electron chi connectivity index (χ1n) is 7.84. The molecule has 24 heavy (non-hydrogen) atoms. The summed E-state index contributed by atoms with van der Waals surface area (Å²) in [5, 5.41) is 21.4. The van der Waals surface area contributed by atoms with Gasteiger partial charge in [-0.05, 0) is 19.4 Å². The summed E-state index contributed by atoms with van der Waals surface area (Å²) in [4.78, 5) is 0. The van der Waals surface area contributed by atoms with Gasteiger partial charge in [-0.2, -0.15) is 9.40 Å². The fourth-order valence-corrected chi connectivity index (χ4v) is 4.62. The number of aliphatic hydroxyl groups is 1. The Morgan fingerprint density at radius 2 is 2.08 bits per heavy atom. The first-order valence-corrected chi connectivity index (χ1v) is 9.28. The van der Waals surface area contributed by atoms with E-state index in [9.17, 15) is 13.5 Å². The minimum absolute atomic E-state index is 0.0534. The normalized spacial score (nSPS) is 22.5. The molecule has 1 aliphatic rings. The summed E-state index contributed by atoms with van der Waals surface area (Å²) >= 11 is 0. The third kappa shape index (κ3) is 2.85. The highest BCUT2D eigenvalue weighted by Crippen LogP contribution is 2.35. The zero-order valence-corrected chi connectivity index (χ0v) is 14.8. The second-order valence-electron chi connectivity index (χ2n) is 6.41. The zero-order chi connectivity index (χ0) is 17.5. The monoisotopic (exact) mass is 354 g/mol. The highest BCUT2D eigenvalue weighted by atomic mass is 32.2. The Labute approximate surface area is 140 Å². The van der Waals surface area contributed by atoms with Crippen molar-refractivity contribution in [1.82, 2.24) is 29.1 Å². The maximum atomic E-state index is 12.8. The summed E-state index contributed by atoms with van der Waals surface area (Å²) in [6.07, 6.45) is 4.93. The van der Waals surface area contributed by atoms with Gasteiger partial charge in [0.2, 0.25) is 0 Å². The summed E-state index contributed by atoms with van der Waals surface area (Å²) < 4.78 is 30.1. The lowest BCUT2D eigenvalue weighted by molar-refractivity contribution is 0.223. The van der Waals surface area contributed by atoms with Gasteiger partial charge in [0.05, 0.1) is 12.4 Å². The Morgan fingerprint density at radius 1 is 1.33 bits per heavy atom. The van der Waals surface area contributed by atoms with Crippen LogP contribution in [0.15, 0.2) is 23.6 Å². The largest absolute Gasteiger partial charge is 0.396 e. The average Bonchev–Trinajstić information content (AvgIpc) is 3.25. The Balaban J connectivity index is 1.88. The Bertz CT molecular complexity index is 812. The molecule has 1 aliphatic heterocycles. The molecule has 0 bridgehead atoms. The van der Waals surface area contributed by atoms with E-state index >= 15 is 0 Å². The molecule has 0 unspecified atom stereocenters. The van der Waals surface area contributed by atoms with E-state index in [2.05, 4.69) is 15.4 Å². The first kappa shape index (κ1) is 17.1. The predicted octanol–water partition coefficient (Wildman–Crippen LogP) is -0.0109. The van der Waals surface area contributed by atoms with Crippen molar-refractivity contribution in [3.05, 3.63) is 24.2 Å². The van der Waals surface area contributed by atoms with Gasteiger partial charge >= 0.3 is 0 Å². The van der Waals surface area contributed by atoms with Crippen molar-refractivity contribution in [2.45, 2.75) is 30.8 Å². The van der Waals surface area contributed by atoms with Crippen LogP contribution in [0.4, 0.5) is 0 Å². The molecular formula is C14H22N6O3S. The standard InChI is InChI=1S/C14H22N6O3S/c1-10(2)20-7-11(4-16-20)13-8-19(6-12(13)9-21)24(22,23)14-5-15-17-18(14)3/h4-5,7,10,12-13,21H,6,8-9H2,1-3H3/t12-,13-/m0/s1. The fraction of sp³-hybridized carbons (Fsp3) is 0.643. The van der Waals surface area contributed by atoms with Crippen LogP contribution in [-0.4, -0.2) is 62.3 Å². The number of nitrogens with zero attached hydrogens (tertiary/aromatic N) is 6. The van der Waals surface area contributed by atoms with Gasteiger partial charge in [-0.15, -0.1) is 5.10 Å². The van der Waals surface area contributed by atoms with Crippen LogP contribution < -0.4 is 0 Å². The maximum absolute atomic E-state index is 12.8. The van der Waals surface area contributed by atoms with E-state index in [1.165, 1.54) is 15.2 Å². The average molecular weight is 354 g/mol. The minimum atomic E-state index is -3.69. The number of sulfonamides is 1. The van der Waals surface area contributed by atoms with Gasteiger partial charge in [-0.1, -0.05) is 5.21 Å². The molecule has 3 rings (SSSR count). The molecule has 0 aliphatic carbocycles. The van der Waals surface area contributed by atoms with Gasteiger partial charge in [-0.25, -0.2) is 13.1 Å². The molecular weight excluding hydrogens is 332 g/mol. The van der Waals surface area contributed by atoms with Gasteiger partial charge in [0.1, 0.15) is 0 Å². The summed E-state index contributed by atoms with van der Waals surface area (Å²) in [5.41, 5.74) is 0.948. The highest BCUT2D eigenvalue weighted by Gasteiger charge is 2.41. The number of hydrogen-bond donors (Lipinski definition) is 1. The molecule has 132 valence electrons. The molecule has 0 amide bonds. The van der Waals surface area contributed by atoms with E-state index < -0.39 is 10.0 Å². The Kier molecular flexibility index (Phi) is 4.45. The molecule has 2 aromatic heterocycles. The first-order chi connectivity index (χ1) is 11.3. The van der Waals surface area contributed by atoms with Gasteiger partial charge < -0.3 is 5.11 Å². The molecule has 0 aromatic carbocycles. The van der Waals surface area contributed by atoms with Crippen LogP contribution in [0.2, 0.25) is 0 Å². The van der Waals surface area contributed by atoms with Crippen molar-refractivity contribution in [1.29, 1.82) is 0 Å². The van der Waals surface area contributed by atoms with E-state index in [-0.39, 0.29) is 36.1 Å². The number of hydrogen-bond acceptors (Lipinski definition) is 6. The summed E-state index contributed by atoms with van der Waals surface area (Å²) in [5.74, 6) is -0.246. The fourth-order valence-electron chi connectivity index (χ4n) is 3.06. The number of aryl methyl sites for hydroxylation is 1. The van der Waals surface area contributed by atoms with Gasteiger partial charge in [0.25, 0.3) is 10.0 Å². The smallest absolute Gasteiger partial charge is 0.261 e. The number of aliphatic hydroxyl groups excluding tert-OH is 1. The summed E-state index contributed by atoms with van der Waals surface area (Å²) in [6, 6.07) is 0.230. The highest BCUT2D eigenvalue weighted by molar-refractivity contribution is 7.89.